The fourth-order valence-corrected chi connectivity index (χ4v) is 4.33. The zero-order valence-corrected chi connectivity index (χ0v) is 10.9. The van der Waals surface area contributed by atoms with Crippen LogP contribution in [0.4, 0.5) is 0 Å². The molecule has 5 heteroatoms. The summed E-state index contributed by atoms with van der Waals surface area (Å²) in [6.07, 6.45) is 4.19. The van der Waals surface area contributed by atoms with Gasteiger partial charge in [0.2, 0.25) is 0 Å². The number of aromatic nitrogens is 2. The van der Waals surface area contributed by atoms with E-state index in [2.05, 4.69) is 59.8 Å². The topological polar surface area (TPSA) is 25.8 Å². The SMILES string of the molecule is Brc1ccc([SH]2C=CC=C2)c2nsnc12. The minimum atomic E-state index is -0.304. The summed E-state index contributed by atoms with van der Waals surface area (Å²) in [5, 5.41) is 4.47. The van der Waals surface area contributed by atoms with Crippen LogP contribution in [-0.2, 0) is 0 Å². The van der Waals surface area contributed by atoms with E-state index in [1.165, 1.54) is 16.6 Å². The molecule has 0 bridgehead atoms. The van der Waals surface area contributed by atoms with Gasteiger partial charge in [-0.1, -0.05) is 12.2 Å². The van der Waals surface area contributed by atoms with Crippen LogP contribution in [0, 0.1) is 0 Å². The molecular weight excluding hydrogens is 292 g/mol. The van der Waals surface area contributed by atoms with Crippen LogP contribution in [-0.4, -0.2) is 8.75 Å². The van der Waals surface area contributed by atoms with E-state index in [0.29, 0.717) is 0 Å². The second-order valence-corrected chi connectivity index (χ2v) is 6.39. The monoisotopic (exact) mass is 298 g/mol. The molecule has 1 aliphatic rings. The molecule has 1 aromatic heterocycles. The molecule has 2 heterocycles. The number of allylic oxidation sites excluding steroid dienone is 2. The molecule has 2 aromatic rings. The van der Waals surface area contributed by atoms with Crippen molar-refractivity contribution in [3.63, 3.8) is 0 Å². The zero-order chi connectivity index (χ0) is 10.3. The van der Waals surface area contributed by atoms with Crippen LogP contribution >= 0.6 is 38.6 Å². The summed E-state index contributed by atoms with van der Waals surface area (Å²) in [7, 11) is -0.304. The molecule has 0 radical (unpaired) electrons. The quantitative estimate of drug-likeness (QED) is 0.809. The van der Waals surface area contributed by atoms with Gasteiger partial charge in [0.05, 0.1) is 11.7 Å². The Bertz CT molecular complexity index is 562. The van der Waals surface area contributed by atoms with Gasteiger partial charge < -0.3 is 0 Å². The molecule has 0 saturated carbocycles. The van der Waals surface area contributed by atoms with Crippen molar-refractivity contribution in [1.82, 2.24) is 8.75 Å². The molecule has 0 N–H and O–H groups in total. The summed E-state index contributed by atoms with van der Waals surface area (Å²) >= 11 is 4.77. The van der Waals surface area contributed by atoms with Gasteiger partial charge >= 0.3 is 0 Å². The molecule has 76 valence electrons. The van der Waals surface area contributed by atoms with Crippen LogP contribution in [0.15, 0.2) is 44.5 Å². The van der Waals surface area contributed by atoms with Gasteiger partial charge in [-0.15, -0.1) is 0 Å². The van der Waals surface area contributed by atoms with Gasteiger partial charge in [-0.05, 0) is 38.9 Å². The van der Waals surface area contributed by atoms with Crippen molar-refractivity contribution in [2.45, 2.75) is 4.90 Å². The second kappa shape index (κ2) is 3.73. The molecule has 2 nitrogen and oxygen atoms in total. The van der Waals surface area contributed by atoms with Gasteiger partial charge in [-0.3, -0.25) is 0 Å². The van der Waals surface area contributed by atoms with Crippen molar-refractivity contribution in [2.24, 2.45) is 0 Å². The lowest BCUT2D eigenvalue weighted by atomic mass is 10.3. The van der Waals surface area contributed by atoms with E-state index in [-0.39, 0.29) is 10.9 Å². The molecule has 0 aliphatic carbocycles. The fraction of sp³-hybridized carbons (Fsp3) is 0. The van der Waals surface area contributed by atoms with Gasteiger partial charge in [-0.25, -0.2) is 0 Å². The fourth-order valence-electron chi connectivity index (χ4n) is 1.53. The average molecular weight is 299 g/mol. The van der Waals surface area contributed by atoms with Crippen molar-refractivity contribution in [1.29, 1.82) is 0 Å². The maximum atomic E-state index is 4.37. The smallest absolute Gasteiger partial charge is 0.120 e. The molecule has 0 fully saturated rings. The van der Waals surface area contributed by atoms with Crippen LogP contribution in [0.25, 0.3) is 11.0 Å². The normalized spacial score (nSPS) is 16.7. The van der Waals surface area contributed by atoms with E-state index < -0.39 is 0 Å². The standard InChI is InChI=1S/C10H7BrN2S2/c11-7-3-4-8(15-5-1-2-6-15)10-9(7)12-14-13-10/h1-6,15H. The lowest BCUT2D eigenvalue weighted by Gasteiger charge is -2.10. The largest absolute Gasteiger partial charge is 0.184 e. The Morgan fingerprint density at radius 3 is 2.60 bits per heavy atom. The van der Waals surface area contributed by atoms with Crippen molar-refractivity contribution < 1.29 is 0 Å². The van der Waals surface area contributed by atoms with Crippen molar-refractivity contribution in [3.05, 3.63) is 39.6 Å². The Kier molecular flexibility index (Phi) is 2.38. The first kappa shape index (κ1) is 9.57. The molecule has 0 unspecified atom stereocenters. The number of rotatable bonds is 1. The number of hydrogen-bond acceptors (Lipinski definition) is 3. The summed E-state index contributed by atoms with van der Waals surface area (Å²) < 4.78 is 9.69. The first-order valence-corrected chi connectivity index (χ1v) is 7.41. The lowest BCUT2D eigenvalue weighted by Crippen LogP contribution is -1.80. The molecule has 0 amide bonds. The predicted octanol–water partition coefficient (Wildman–Crippen LogP) is 3.85. The number of benzene rings is 1. The van der Waals surface area contributed by atoms with Crippen molar-refractivity contribution in [3.8, 4) is 0 Å². The van der Waals surface area contributed by atoms with Crippen LogP contribution in [0.1, 0.15) is 0 Å². The van der Waals surface area contributed by atoms with Gasteiger partial charge in [-0.2, -0.15) is 19.6 Å². The third kappa shape index (κ3) is 1.55. The van der Waals surface area contributed by atoms with Gasteiger partial charge in [0, 0.05) is 9.37 Å². The number of hydrogen-bond donors (Lipinski definition) is 1. The number of nitrogens with zero attached hydrogens (tertiary/aromatic N) is 2. The highest BCUT2D eigenvalue weighted by Gasteiger charge is 2.12. The third-order valence-corrected chi connectivity index (χ3v) is 5.30. The van der Waals surface area contributed by atoms with Gasteiger partial charge in [0.1, 0.15) is 11.0 Å². The molecule has 3 rings (SSSR count). The van der Waals surface area contributed by atoms with Gasteiger partial charge in [0.15, 0.2) is 0 Å². The van der Waals surface area contributed by atoms with Crippen LogP contribution in [0.2, 0.25) is 0 Å². The molecule has 0 atom stereocenters. The Balaban J connectivity index is 2.27. The molecule has 1 aromatic carbocycles. The highest BCUT2D eigenvalue weighted by atomic mass is 79.9. The first-order chi connectivity index (χ1) is 7.36. The Labute approximate surface area is 103 Å². The van der Waals surface area contributed by atoms with E-state index in [0.717, 1.165) is 15.5 Å². The molecule has 1 aliphatic heterocycles. The van der Waals surface area contributed by atoms with E-state index in [1.54, 1.807) is 0 Å². The highest BCUT2D eigenvalue weighted by Crippen LogP contribution is 2.45. The zero-order valence-electron chi connectivity index (χ0n) is 7.59. The van der Waals surface area contributed by atoms with E-state index in [4.69, 9.17) is 0 Å². The lowest BCUT2D eigenvalue weighted by molar-refractivity contribution is 1.46. The van der Waals surface area contributed by atoms with E-state index >= 15 is 0 Å². The van der Waals surface area contributed by atoms with E-state index in [9.17, 15) is 0 Å². The van der Waals surface area contributed by atoms with Crippen LogP contribution in [0.3, 0.4) is 0 Å². The second-order valence-electron chi connectivity index (χ2n) is 3.12. The third-order valence-electron chi connectivity index (χ3n) is 2.23. The summed E-state index contributed by atoms with van der Waals surface area (Å²) in [4.78, 5) is 1.29. The maximum absolute atomic E-state index is 4.37. The minimum Gasteiger partial charge on any atom is -0.184 e. The van der Waals surface area contributed by atoms with E-state index in [1.807, 2.05) is 0 Å². The molecular formula is C10H7BrN2S2. The Morgan fingerprint density at radius 1 is 1.07 bits per heavy atom. The molecule has 0 saturated heterocycles. The highest BCUT2D eigenvalue weighted by molar-refractivity contribution is 9.10. The molecule has 15 heavy (non-hydrogen) atoms. The summed E-state index contributed by atoms with van der Waals surface area (Å²) in [6.45, 7) is 0. The summed E-state index contributed by atoms with van der Waals surface area (Å²) in [5.74, 6) is 0. The molecule has 0 spiro atoms. The maximum Gasteiger partial charge on any atom is 0.120 e. The van der Waals surface area contributed by atoms with Gasteiger partial charge in [0.25, 0.3) is 0 Å². The number of halogens is 1. The summed E-state index contributed by atoms with van der Waals surface area (Å²) in [6, 6.07) is 4.20. The predicted molar refractivity (Wildman–Crippen MR) is 70.6 cm³/mol. The number of fused-ring (bicyclic) bond motifs is 1. The Morgan fingerprint density at radius 2 is 1.80 bits per heavy atom. The van der Waals surface area contributed by atoms with Crippen LogP contribution in [0.5, 0.6) is 0 Å². The minimum absolute atomic E-state index is 0.304. The summed E-state index contributed by atoms with van der Waals surface area (Å²) in [5.41, 5.74) is 2.02. The first-order valence-electron chi connectivity index (χ1n) is 4.40. The average Bonchev–Trinajstić information content (AvgIpc) is 2.88. The number of thiol groups is 1. The van der Waals surface area contributed by atoms with Crippen molar-refractivity contribution >= 4 is 49.6 Å². The van der Waals surface area contributed by atoms with Crippen LogP contribution < -0.4 is 0 Å². The van der Waals surface area contributed by atoms with Crippen molar-refractivity contribution in [2.75, 3.05) is 0 Å². The Hall–Kier alpha value is -0.650.